The summed E-state index contributed by atoms with van der Waals surface area (Å²) >= 11 is 0. The molecule has 4 heterocycles. The first-order valence-corrected chi connectivity index (χ1v) is 9.80. The van der Waals surface area contributed by atoms with E-state index in [1.807, 2.05) is 0 Å². The van der Waals surface area contributed by atoms with Crippen LogP contribution in [-0.4, -0.2) is 51.5 Å². The summed E-state index contributed by atoms with van der Waals surface area (Å²) in [4.78, 5) is 13.4. The van der Waals surface area contributed by atoms with E-state index in [1.54, 1.807) is 0 Å². The Labute approximate surface area is 152 Å². The topological polar surface area (TPSA) is 96.2 Å². The average molecular weight is 362 g/mol. The zero-order valence-corrected chi connectivity index (χ0v) is 15.1. The van der Waals surface area contributed by atoms with Gasteiger partial charge in [-0.1, -0.05) is 20.4 Å². The minimum atomic E-state index is -1.97. The third kappa shape index (κ3) is 1.19. The molecule has 4 saturated carbocycles. The van der Waals surface area contributed by atoms with E-state index < -0.39 is 47.1 Å². The Balaban J connectivity index is 1.70. The van der Waals surface area contributed by atoms with Crippen LogP contribution in [0, 0.1) is 34.0 Å². The zero-order chi connectivity index (χ0) is 18.4. The summed E-state index contributed by atoms with van der Waals surface area (Å²) in [6.07, 6.45) is -0.473. The van der Waals surface area contributed by atoms with Crippen molar-refractivity contribution in [2.45, 2.75) is 69.9 Å². The molecule has 0 amide bonds. The second-order valence-corrected chi connectivity index (χ2v) is 10.1. The van der Waals surface area contributed by atoms with Gasteiger partial charge in [-0.05, 0) is 42.6 Å². The van der Waals surface area contributed by atoms with Crippen LogP contribution >= 0.6 is 0 Å². The van der Waals surface area contributed by atoms with E-state index >= 15 is 0 Å². The molecule has 7 bridgehead atoms. The SMILES string of the molecule is C=C1C(=O)[C@@]23C4CC[C@@H]1[C@@H]2O[C@H]1O[C@]3(O)[C@@H](O)[C@@H]2C(C)(C)CC[C@H](O)C412. The first-order valence-electron chi connectivity index (χ1n) is 9.80. The average Bonchev–Trinajstić information content (AvgIpc) is 2.71. The lowest BCUT2D eigenvalue weighted by Crippen LogP contribution is -2.91. The summed E-state index contributed by atoms with van der Waals surface area (Å²) in [6, 6.07) is 0. The highest BCUT2D eigenvalue weighted by atomic mass is 16.8. The van der Waals surface area contributed by atoms with Crippen molar-refractivity contribution in [3.63, 3.8) is 0 Å². The van der Waals surface area contributed by atoms with Crippen molar-refractivity contribution in [1.82, 2.24) is 0 Å². The maximum absolute atomic E-state index is 13.4. The second kappa shape index (κ2) is 4.13. The molecule has 4 aliphatic heterocycles. The van der Waals surface area contributed by atoms with Gasteiger partial charge in [0.25, 0.3) is 0 Å². The van der Waals surface area contributed by atoms with Crippen LogP contribution in [0.1, 0.15) is 39.5 Å². The number of hydrogen-bond acceptors (Lipinski definition) is 6. The van der Waals surface area contributed by atoms with Crippen molar-refractivity contribution in [3.05, 3.63) is 12.2 Å². The number of aliphatic hydroxyl groups is 3. The van der Waals surface area contributed by atoms with Gasteiger partial charge in [0.15, 0.2) is 12.1 Å². The number of ketones is 1. The molecule has 2 unspecified atom stereocenters. The molecular weight excluding hydrogens is 336 g/mol. The number of carbonyl (C=O) groups excluding carboxylic acids is 1. The number of Topliss-reactive ketones (excluding diaryl/α,β-unsaturated/α-hetero) is 1. The predicted octanol–water partition coefficient (Wildman–Crippen LogP) is 0.740. The predicted molar refractivity (Wildman–Crippen MR) is 88.4 cm³/mol. The molecule has 2 spiro atoms. The molecule has 8 fully saturated rings. The Bertz CT molecular complexity index is 761. The van der Waals surface area contributed by atoms with Gasteiger partial charge < -0.3 is 24.8 Å². The third-order valence-electron chi connectivity index (χ3n) is 9.14. The summed E-state index contributed by atoms with van der Waals surface area (Å²) in [5.41, 5.74) is -2.03. The molecule has 142 valence electrons. The molecular formula is C20H26O6. The van der Waals surface area contributed by atoms with Gasteiger partial charge in [0.2, 0.25) is 5.79 Å². The fourth-order valence-corrected chi connectivity index (χ4v) is 8.38. The Morgan fingerprint density at radius 1 is 1.19 bits per heavy atom. The number of aliphatic hydroxyl groups excluding tert-OH is 2. The molecule has 3 N–H and O–H groups in total. The summed E-state index contributed by atoms with van der Waals surface area (Å²) in [7, 11) is 0. The van der Waals surface area contributed by atoms with Gasteiger partial charge in [0.1, 0.15) is 11.5 Å². The van der Waals surface area contributed by atoms with Crippen LogP contribution in [0.4, 0.5) is 0 Å². The quantitative estimate of drug-likeness (QED) is 0.550. The molecule has 26 heavy (non-hydrogen) atoms. The fraction of sp³-hybridized carbons (Fsp3) is 0.850. The monoisotopic (exact) mass is 362 g/mol. The minimum absolute atomic E-state index is 0.133. The number of rotatable bonds is 0. The van der Waals surface area contributed by atoms with Crippen molar-refractivity contribution in [1.29, 1.82) is 0 Å². The first-order chi connectivity index (χ1) is 12.1. The second-order valence-electron chi connectivity index (χ2n) is 10.1. The molecule has 8 rings (SSSR count). The van der Waals surface area contributed by atoms with Crippen LogP contribution in [0.15, 0.2) is 12.2 Å². The van der Waals surface area contributed by atoms with Crippen LogP contribution in [0.3, 0.4) is 0 Å². The molecule has 8 aliphatic rings. The summed E-state index contributed by atoms with van der Waals surface area (Å²) < 4.78 is 12.3. The van der Waals surface area contributed by atoms with Gasteiger partial charge in [-0.3, -0.25) is 4.79 Å². The molecule has 0 aromatic carbocycles. The molecule has 0 aromatic rings. The Hall–Kier alpha value is -0.790. The van der Waals surface area contributed by atoms with Crippen molar-refractivity contribution >= 4 is 5.78 Å². The molecule has 4 aliphatic carbocycles. The molecule has 0 radical (unpaired) electrons. The van der Waals surface area contributed by atoms with Crippen LogP contribution in [0.5, 0.6) is 0 Å². The van der Waals surface area contributed by atoms with E-state index in [-0.39, 0.29) is 23.0 Å². The van der Waals surface area contributed by atoms with Gasteiger partial charge in [0.05, 0.1) is 17.6 Å². The van der Waals surface area contributed by atoms with Crippen LogP contribution in [0.25, 0.3) is 0 Å². The van der Waals surface area contributed by atoms with Gasteiger partial charge in [-0.15, -0.1) is 0 Å². The number of ether oxygens (including phenoxy) is 2. The van der Waals surface area contributed by atoms with Crippen LogP contribution in [0.2, 0.25) is 0 Å². The molecule has 0 aromatic heterocycles. The summed E-state index contributed by atoms with van der Waals surface area (Å²) in [5.74, 6) is -2.99. The minimum Gasteiger partial charge on any atom is -0.392 e. The first kappa shape index (κ1) is 16.2. The van der Waals surface area contributed by atoms with E-state index in [4.69, 9.17) is 9.47 Å². The van der Waals surface area contributed by atoms with Gasteiger partial charge in [0, 0.05) is 11.8 Å². The smallest absolute Gasteiger partial charge is 0.211 e. The van der Waals surface area contributed by atoms with Crippen molar-refractivity contribution in [2.75, 3.05) is 0 Å². The lowest BCUT2D eigenvalue weighted by molar-refractivity contribution is -0.556. The van der Waals surface area contributed by atoms with E-state index in [9.17, 15) is 20.1 Å². The largest absolute Gasteiger partial charge is 0.392 e. The van der Waals surface area contributed by atoms with E-state index in [0.717, 1.165) is 12.8 Å². The lowest BCUT2D eigenvalue weighted by atomic mass is 9.34. The highest BCUT2D eigenvalue weighted by molar-refractivity contribution is 6.05. The Morgan fingerprint density at radius 2 is 1.92 bits per heavy atom. The third-order valence-corrected chi connectivity index (χ3v) is 9.14. The van der Waals surface area contributed by atoms with Crippen molar-refractivity contribution in [2.24, 2.45) is 34.0 Å². The highest BCUT2D eigenvalue weighted by Gasteiger charge is 2.92. The van der Waals surface area contributed by atoms with Gasteiger partial charge in [-0.25, -0.2) is 0 Å². The van der Waals surface area contributed by atoms with E-state index in [2.05, 4.69) is 20.4 Å². The molecule has 6 nitrogen and oxygen atoms in total. The van der Waals surface area contributed by atoms with Crippen molar-refractivity contribution in [3.8, 4) is 0 Å². The lowest BCUT2D eigenvalue weighted by Gasteiger charge is -2.79. The normalized spacial score (nSPS) is 64.0. The van der Waals surface area contributed by atoms with Crippen LogP contribution < -0.4 is 0 Å². The van der Waals surface area contributed by atoms with Gasteiger partial charge >= 0.3 is 0 Å². The summed E-state index contributed by atoms with van der Waals surface area (Å²) in [5, 5.41) is 34.3. The maximum atomic E-state index is 13.4. The zero-order valence-electron chi connectivity index (χ0n) is 15.1. The highest BCUT2D eigenvalue weighted by Crippen LogP contribution is 2.81. The Morgan fingerprint density at radius 3 is 2.65 bits per heavy atom. The maximum Gasteiger partial charge on any atom is 0.211 e. The molecule has 6 heteroatoms. The number of carbonyl (C=O) groups is 1. The number of hydrogen-bond donors (Lipinski definition) is 3. The Kier molecular flexibility index (Phi) is 2.57. The van der Waals surface area contributed by atoms with Crippen molar-refractivity contribution < 1.29 is 29.6 Å². The van der Waals surface area contributed by atoms with E-state index in [1.165, 1.54) is 0 Å². The standard InChI is InChI=1S/C20H26O6/c1-8-9-4-5-10-18-11(21)6-7-17(2,3)12(18)14(23)20(24)19(10,13(8)22)15(9)25-16(18)26-20/h9-12,14-16,21,23-24H,1,4-7H2,2-3H3/t9-,10?,11-,12+,14-,15-,16-,18?,19-,20+/m0/s1. The van der Waals surface area contributed by atoms with Gasteiger partial charge in [-0.2, -0.15) is 0 Å². The summed E-state index contributed by atoms with van der Waals surface area (Å²) in [6.45, 7) is 8.14. The molecule has 10 atom stereocenters. The van der Waals surface area contributed by atoms with E-state index in [0.29, 0.717) is 18.4 Å². The van der Waals surface area contributed by atoms with Crippen LogP contribution in [-0.2, 0) is 14.3 Å². The fourth-order valence-electron chi connectivity index (χ4n) is 8.38. The molecule has 4 saturated heterocycles.